The minimum Gasteiger partial charge on any atom is -0.493 e. The van der Waals surface area contributed by atoms with Crippen molar-refractivity contribution < 1.29 is 40.2 Å². The highest BCUT2D eigenvalue weighted by Gasteiger charge is 2.73. The Morgan fingerprint density at radius 2 is 1.77 bits per heavy atom. The van der Waals surface area contributed by atoms with Gasteiger partial charge in [0.2, 0.25) is 0 Å². The molecule has 0 amide bonds. The number of hydrogen-bond donors (Lipinski definition) is 1. The first-order valence-electron chi connectivity index (χ1n) is 8.16. The summed E-state index contributed by atoms with van der Waals surface area (Å²) >= 11 is 7.75. The molecule has 4 nitrogen and oxygen atoms in total. The molecule has 2 aromatic rings. The van der Waals surface area contributed by atoms with Gasteiger partial charge in [-0.05, 0) is 58.0 Å². The van der Waals surface area contributed by atoms with E-state index in [9.17, 15) is 30.7 Å². The summed E-state index contributed by atoms with van der Waals surface area (Å²) in [6.45, 7) is 0.126. The quantitative estimate of drug-likeness (QED) is 0.131. The average molecular weight is 585 g/mol. The van der Waals surface area contributed by atoms with E-state index in [0.717, 1.165) is 5.56 Å². The van der Waals surface area contributed by atoms with E-state index >= 15 is 0 Å². The second kappa shape index (κ2) is 9.67. The largest absolute Gasteiger partial charge is 0.493 e. The highest BCUT2D eigenvalue weighted by Crippen LogP contribution is 2.45. The summed E-state index contributed by atoms with van der Waals surface area (Å²) in [7, 11) is 1.30. The van der Waals surface area contributed by atoms with Crippen molar-refractivity contribution in [1.29, 1.82) is 0 Å². The molecule has 0 aromatic heterocycles. The van der Waals surface area contributed by atoms with Gasteiger partial charge in [0, 0.05) is 5.02 Å². The minimum absolute atomic E-state index is 0.0787. The van der Waals surface area contributed by atoms with Crippen molar-refractivity contribution in [3.63, 3.8) is 0 Å². The monoisotopic (exact) mass is 584 g/mol. The Balaban J connectivity index is 2.17. The van der Waals surface area contributed by atoms with E-state index in [2.05, 4.69) is 5.10 Å². The molecule has 0 atom stereocenters. The Hall–Kier alpha value is -1.96. The van der Waals surface area contributed by atoms with Gasteiger partial charge in [-0.15, -0.1) is 0 Å². The van der Waals surface area contributed by atoms with Crippen molar-refractivity contribution in [1.82, 2.24) is 5.43 Å². The third-order valence-corrected chi connectivity index (χ3v) is 4.73. The van der Waals surface area contributed by atoms with Crippen LogP contribution in [-0.4, -0.2) is 31.5 Å². The number of nitrogens with one attached hydrogen (secondary N) is 1. The van der Waals surface area contributed by atoms with E-state index in [1.54, 1.807) is 24.3 Å². The Kier molecular flexibility index (Phi) is 7.89. The summed E-state index contributed by atoms with van der Waals surface area (Å²) in [4.78, 5) is 0. The SMILES string of the molecule is COc1cc(/C=N\NC(F)(F)C(F)(F)C(F)(F)F)cc(I)c1OCc1cccc(Cl)c1. The molecular formula is C18H13ClF7IN2O2. The summed E-state index contributed by atoms with van der Waals surface area (Å²) in [5.74, 6) is -5.87. The number of hydrazone groups is 1. The van der Waals surface area contributed by atoms with E-state index in [-0.39, 0.29) is 17.9 Å². The Morgan fingerprint density at radius 1 is 1.10 bits per heavy atom. The second-order valence-electron chi connectivity index (χ2n) is 5.97. The molecule has 0 saturated carbocycles. The molecule has 0 saturated heterocycles. The Bertz CT molecular complexity index is 955. The lowest BCUT2D eigenvalue weighted by molar-refractivity contribution is -0.361. The van der Waals surface area contributed by atoms with Gasteiger partial charge >= 0.3 is 18.1 Å². The first kappa shape index (κ1) is 25.3. The third-order valence-electron chi connectivity index (χ3n) is 3.69. The van der Waals surface area contributed by atoms with Gasteiger partial charge in [-0.3, -0.25) is 0 Å². The molecule has 0 bridgehead atoms. The molecule has 13 heteroatoms. The van der Waals surface area contributed by atoms with Crippen LogP contribution in [0.3, 0.4) is 0 Å². The zero-order valence-corrected chi connectivity index (χ0v) is 18.3. The van der Waals surface area contributed by atoms with Crippen LogP contribution in [0.15, 0.2) is 41.5 Å². The number of hydrogen-bond acceptors (Lipinski definition) is 4. The third kappa shape index (κ3) is 6.05. The van der Waals surface area contributed by atoms with Crippen LogP contribution in [0, 0.1) is 3.57 Å². The first-order valence-corrected chi connectivity index (χ1v) is 9.61. The molecule has 2 aromatic carbocycles. The minimum atomic E-state index is -6.46. The highest BCUT2D eigenvalue weighted by atomic mass is 127. The van der Waals surface area contributed by atoms with E-state index in [0.29, 0.717) is 26.0 Å². The van der Waals surface area contributed by atoms with E-state index in [1.165, 1.54) is 19.2 Å². The van der Waals surface area contributed by atoms with Crippen LogP contribution >= 0.6 is 34.2 Å². The molecule has 2 rings (SSSR count). The molecule has 0 aliphatic heterocycles. The zero-order valence-electron chi connectivity index (χ0n) is 15.4. The molecule has 170 valence electrons. The number of halogens is 9. The topological polar surface area (TPSA) is 42.8 Å². The lowest BCUT2D eigenvalue weighted by Gasteiger charge is -2.27. The highest BCUT2D eigenvalue weighted by molar-refractivity contribution is 14.1. The molecule has 0 unspecified atom stereocenters. The summed E-state index contributed by atoms with van der Waals surface area (Å²) in [6.07, 6.45) is -5.81. The van der Waals surface area contributed by atoms with Crippen LogP contribution in [0.2, 0.25) is 5.02 Å². The van der Waals surface area contributed by atoms with Gasteiger partial charge in [-0.25, -0.2) is 5.43 Å². The van der Waals surface area contributed by atoms with Gasteiger partial charge in [0.15, 0.2) is 11.5 Å². The molecule has 0 aliphatic rings. The molecule has 0 aliphatic carbocycles. The lowest BCUT2D eigenvalue weighted by Crippen LogP contribution is -2.58. The fraction of sp³-hybridized carbons (Fsp3) is 0.278. The smallest absolute Gasteiger partial charge is 0.462 e. The second-order valence-corrected chi connectivity index (χ2v) is 7.57. The fourth-order valence-electron chi connectivity index (χ4n) is 2.17. The van der Waals surface area contributed by atoms with Gasteiger partial charge in [-0.1, -0.05) is 23.7 Å². The van der Waals surface area contributed by atoms with Crippen LogP contribution in [0.5, 0.6) is 11.5 Å². The number of nitrogens with zero attached hydrogens (tertiary/aromatic N) is 1. The summed E-state index contributed by atoms with van der Waals surface area (Å²) < 4.78 is 99.9. The lowest BCUT2D eigenvalue weighted by atomic mass is 10.2. The summed E-state index contributed by atoms with van der Waals surface area (Å²) in [5.41, 5.74) is 1.39. The number of methoxy groups -OCH3 is 1. The van der Waals surface area contributed by atoms with Crippen molar-refractivity contribution in [2.75, 3.05) is 7.11 Å². The molecule has 31 heavy (non-hydrogen) atoms. The van der Waals surface area contributed by atoms with E-state index < -0.39 is 18.1 Å². The maximum absolute atomic E-state index is 13.2. The van der Waals surface area contributed by atoms with Gasteiger partial charge in [0.05, 0.1) is 16.9 Å². The van der Waals surface area contributed by atoms with Gasteiger partial charge in [-0.2, -0.15) is 35.8 Å². The average Bonchev–Trinajstić information content (AvgIpc) is 2.65. The van der Waals surface area contributed by atoms with Crippen molar-refractivity contribution in [3.8, 4) is 11.5 Å². The van der Waals surface area contributed by atoms with Crippen LogP contribution < -0.4 is 14.9 Å². The van der Waals surface area contributed by atoms with E-state index in [4.69, 9.17) is 21.1 Å². The van der Waals surface area contributed by atoms with E-state index in [1.807, 2.05) is 22.6 Å². The predicted molar refractivity (Wildman–Crippen MR) is 108 cm³/mol. The predicted octanol–water partition coefficient (Wildman–Crippen LogP) is 6.25. The van der Waals surface area contributed by atoms with Crippen LogP contribution in [-0.2, 0) is 6.61 Å². The van der Waals surface area contributed by atoms with Gasteiger partial charge in [0.25, 0.3) is 0 Å². The van der Waals surface area contributed by atoms with Crippen molar-refractivity contribution >= 4 is 40.4 Å². The normalized spacial score (nSPS) is 12.8. The van der Waals surface area contributed by atoms with Crippen molar-refractivity contribution in [2.24, 2.45) is 5.10 Å². The summed E-state index contributed by atoms with van der Waals surface area (Å²) in [6, 6.07) is 3.88. The molecule has 0 heterocycles. The number of benzene rings is 2. The van der Waals surface area contributed by atoms with Crippen LogP contribution in [0.4, 0.5) is 30.7 Å². The number of rotatable bonds is 8. The molecule has 1 N–H and O–H groups in total. The maximum Gasteiger partial charge on any atom is 0.462 e. The van der Waals surface area contributed by atoms with Gasteiger partial charge < -0.3 is 9.47 Å². The maximum atomic E-state index is 13.2. The molecule has 0 spiro atoms. The van der Waals surface area contributed by atoms with Crippen LogP contribution in [0.25, 0.3) is 0 Å². The number of ether oxygens (including phenoxy) is 2. The molecule has 0 radical (unpaired) electrons. The molecule has 0 fully saturated rings. The first-order chi connectivity index (χ1) is 14.3. The Morgan fingerprint density at radius 3 is 2.35 bits per heavy atom. The van der Waals surface area contributed by atoms with Gasteiger partial charge in [0.1, 0.15) is 6.61 Å². The summed E-state index contributed by atoms with van der Waals surface area (Å²) in [5, 5.41) is 3.33. The van der Waals surface area contributed by atoms with Crippen LogP contribution in [0.1, 0.15) is 11.1 Å². The van der Waals surface area contributed by atoms with Crippen molar-refractivity contribution in [3.05, 3.63) is 56.1 Å². The molecular weight excluding hydrogens is 572 g/mol. The number of alkyl halides is 7. The standard InChI is InChI=1S/C18H13ClF7IN2O2/c1-30-14-7-11(8-28-29-18(25,26)16(20,21)17(22,23)24)6-13(27)15(14)31-9-10-3-2-4-12(19)5-10/h2-8,29H,9H2,1H3/b28-8-. The Labute approximate surface area is 190 Å². The van der Waals surface area contributed by atoms with Crippen molar-refractivity contribution in [2.45, 2.75) is 24.8 Å². The fourth-order valence-corrected chi connectivity index (χ4v) is 3.17. The zero-order chi connectivity index (χ0) is 23.4.